The molecule has 7 nitrogen and oxygen atoms in total. The van der Waals surface area contributed by atoms with E-state index in [0.717, 1.165) is 73.2 Å². The fourth-order valence-electron chi connectivity index (χ4n) is 3.63. The summed E-state index contributed by atoms with van der Waals surface area (Å²) in [5.74, 6) is 1.84. The van der Waals surface area contributed by atoms with E-state index in [1.54, 1.807) is 13.4 Å². The first-order valence-corrected chi connectivity index (χ1v) is 9.06. The number of imidazole rings is 1. The lowest BCUT2D eigenvalue weighted by atomic mass is 10.0. The minimum atomic E-state index is 0.724. The molecule has 0 saturated heterocycles. The van der Waals surface area contributed by atoms with Crippen LogP contribution in [0.3, 0.4) is 0 Å². The van der Waals surface area contributed by atoms with Gasteiger partial charge in [0.15, 0.2) is 5.82 Å². The molecule has 1 aliphatic heterocycles. The summed E-state index contributed by atoms with van der Waals surface area (Å²) in [5, 5.41) is 4.41. The van der Waals surface area contributed by atoms with Gasteiger partial charge in [-0.05, 0) is 44.7 Å². The Bertz CT molecular complexity index is 935. The van der Waals surface area contributed by atoms with E-state index in [9.17, 15) is 0 Å². The minimum Gasteiger partial charge on any atom is -0.385 e. The van der Waals surface area contributed by atoms with Crippen LogP contribution >= 0.6 is 0 Å². The lowest BCUT2D eigenvalue weighted by Gasteiger charge is -2.29. The smallest absolute Gasteiger partial charge is 0.158 e. The van der Waals surface area contributed by atoms with Crippen molar-refractivity contribution in [2.24, 2.45) is 0 Å². The highest BCUT2D eigenvalue weighted by Gasteiger charge is 2.23. The molecule has 0 aliphatic carbocycles. The van der Waals surface area contributed by atoms with Crippen LogP contribution in [-0.2, 0) is 24.1 Å². The lowest BCUT2D eigenvalue weighted by molar-refractivity contribution is 0.195. The van der Waals surface area contributed by atoms with Crippen LogP contribution in [0.25, 0.3) is 5.52 Å². The third-order valence-electron chi connectivity index (χ3n) is 4.91. The zero-order chi connectivity index (χ0) is 18.1. The number of anilines is 1. The highest BCUT2D eigenvalue weighted by atomic mass is 16.5. The van der Waals surface area contributed by atoms with Crippen LogP contribution in [0.4, 0.5) is 5.82 Å². The molecule has 1 aliphatic rings. The molecule has 3 aromatic rings. The third kappa shape index (κ3) is 3.03. The van der Waals surface area contributed by atoms with Crippen molar-refractivity contribution in [2.75, 3.05) is 25.2 Å². The number of nitrogens with zero attached hydrogens (tertiary/aromatic N) is 6. The Morgan fingerprint density at radius 3 is 2.92 bits per heavy atom. The van der Waals surface area contributed by atoms with Gasteiger partial charge in [-0.1, -0.05) is 6.07 Å². The molecule has 7 heteroatoms. The summed E-state index contributed by atoms with van der Waals surface area (Å²) in [7, 11) is 1.73. The highest BCUT2D eigenvalue weighted by molar-refractivity contribution is 5.72. The zero-order valence-corrected chi connectivity index (χ0v) is 15.6. The summed E-state index contributed by atoms with van der Waals surface area (Å²) in [6, 6.07) is 4.29. The van der Waals surface area contributed by atoms with Gasteiger partial charge in [0.1, 0.15) is 17.7 Å². The second kappa shape index (κ2) is 6.99. The van der Waals surface area contributed by atoms with E-state index < -0.39 is 0 Å². The number of methoxy groups -OCH3 is 1. The van der Waals surface area contributed by atoms with Gasteiger partial charge in [0, 0.05) is 26.0 Å². The van der Waals surface area contributed by atoms with Crippen molar-refractivity contribution in [3.63, 3.8) is 0 Å². The van der Waals surface area contributed by atoms with E-state index >= 15 is 0 Å². The van der Waals surface area contributed by atoms with Gasteiger partial charge in [-0.2, -0.15) is 5.10 Å². The Kier molecular flexibility index (Phi) is 4.55. The van der Waals surface area contributed by atoms with Gasteiger partial charge in [0.05, 0.1) is 17.9 Å². The average Bonchev–Trinajstić information content (AvgIpc) is 2.97. The second-order valence-electron chi connectivity index (χ2n) is 6.78. The number of hydrogen-bond donors (Lipinski definition) is 0. The van der Waals surface area contributed by atoms with Gasteiger partial charge in [-0.15, -0.1) is 0 Å². The fraction of sp³-hybridized carbons (Fsp3) is 0.474. The summed E-state index contributed by atoms with van der Waals surface area (Å²) >= 11 is 0. The number of pyridine rings is 1. The Morgan fingerprint density at radius 2 is 2.08 bits per heavy atom. The monoisotopic (exact) mass is 352 g/mol. The van der Waals surface area contributed by atoms with Crippen LogP contribution < -0.4 is 4.90 Å². The molecule has 0 radical (unpaired) electrons. The standard InChI is InChI=1S/C19H24N6O/c1-13-6-7-15-8-9-24(11-17(15)22-13)19-18-16(5-4-10-26-3)23-14(2)25(18)21-12-20-19/h6-7,12H,4-5,8-11H2,1-3H3. The van der Waals surface area contributed by atoms with Gasteiger partial charge in [-0.3, -0.25) is 4.98 Å². The fourth-order valence-corrected chi connectivity index (χ4v) is 3.63. The second-order valence-corrected chi connectivity index (χ2v) is 6.78. The van der Waals surface area contributed by atoms with Crippen LogP contribution in [-0.4, -0.2) is 44.8 Å². The van der Waals surface area contributed by atoms with E-state index in [0.29, 0.717) is 0 Å². The van der Waals surface area contributed by atoms with E-state index in [2.05, 4.69) is 27.1 Å². The van der Waals surface area contributed by atoms with E-state index in [1.807, 2.05) is 18.4 Å². The Hall–Kier alpha value is -2.54. The quantitative estimate of drug-likeness (QED) is 0.656. The maximum atomic E-state index is 5.19. The molecule has 4 rings (SSSR count). The molecule has 0 fully saturated rings. The largest absolute Gasteiger partial charge is 0.385 e. The van der Waals surface area contributed by atoms with Crippen LogP contribution in [0, 0.1) is 13.8 Å². The van der Waals surface area contributed by atoms with Gasteiger partial charge in [0.25, 0.3) is 0 Å². The average molecular weight is 352 g/mol. The van der Waals surface area contributed by atoms with Crippen molar-refractivity contribution in [1.82, 2.24) is 24.6 Å². The molecule has 0 atom stereocenters. The van der Waals surface area contributed by atoms with Gasteiger partial charge < -0.3 is 9.64 Å². The van der Waals surface area contributed by atoms with Crippen LogP contribution in [0.2, 0.25) is 0 Å². The maximum absolute atomic E-state index is 5.19. The summed E-state index contributed by atoms with van der Waals surface area (Å²) < 4.78 is 7.10. The summed E-state index contributed by atoms with van der Waals surface area (Å²) in [4.78, 5) is 16.4. The first-order chi connectivity index (χ1) is 12.7. The molecule has 3 aromatic heterocycles. The van der Waals surface area contributed by atoms with Crippen molar-refractivity contribution >= 4 is 11.3 Å². The van der Waals surface area contributed by atoms with Crippen molar-refractivity contribution < 1.29 is 4.74 Å². The number of rotatable bonds is 5. The molecular weight excluding hydrogens is 328 g/mol. The zero-order valence-electron chi connectivity index (χ0n) is 15.6. The van der Waals surface area contributed by atoms with Crippen LogP contribution in [0.5, 0.6) is 0 Å². The van der Waals surface area contributed by atoms with E-state index in [4.69, 9.17) is 14.7 Å². The summed E-state index contributed by atoms with van der Waals surface area (Å²) in [6.07, 6.45) is 4.38. The van der Waals surface area contributed by atoms with Crippen LogP contribution in [0.1, 0.15) is 34.9 Å². The van der Waals surface area contributed by atoms with E-state index in [-0.39, 0.29) is 0 Å². The van der Waals surface area contributed by atoms with Crippen molar-refractivity contribution in [3.05, 3.63) is 46.9 Å². The van der Waals surface area contributed by atoms with E-state index in [1.165, 1.54) is 5.56 Å². The van der Waals surface area contributed by atoms with Gasteiger partial charge >= 0.3 is 0 Å². The third-order valence-corrected chi connectivity index (χ3v) is 4.91. The molecule has 0 aromatic carbocycles. The van der Waals surface area contributed by atoms with Crippen molar-refractivity contribution in [3.8, 4) is 0 Å². The molecule has 0 N–H and O–H groups in total. The molecule has 0 unspecified atom stereocenters. The maximum Gasteiger partial charge on any atom is 0.158 e. The minimum absolute atomic E-state index is 0.724. The molecule has 0 amide bonds. The molecule has 4 heterocycles. The number of aromatic nitrogens is 5. The van der Waals surface area contributed by atoms with Crippen molar-refractivity contribution in [1.29, 1.82) is 0 Å². The molecule has 0 bridgehead atoms. The number of aryl methyl sites for hydroxylation is 3. The molecular formula is C19H24N6O. The first-order valence-electron chi connectivity index (χ1n) is 9.06. The molecule has 0 spiro atoms. The topological polar surface area (TPSA) is 68.4 Å². The SMILES string of the molecule is COCCCc1nc(C)n2ncnc(N3CCc4ccc(C)nc4C3)c12. The normalized spacial score (nSPS) is 14.0. The highest BCUT2D eigenvalue weighted by Crippen LogP contribution is 2.28. The summed E-state index contributed by atoms with van der Waals surface area (Å²) in [5.41, 5.74) is 5.58. The lowest BCUT2D eigenvalue weighted by Crippen LogP contribution is -2.32. The molecule has 136 valence electrons. The molecule has 26 heavy (non-hydrogen) atoms. The van der Waals surface area contributed by atoms with Gasteiger partial charge in [0.2, 0.25) is 0 Å². The predicted octanol–water partition coefficient (Wildman–Crippen LogP) is 2.28. The number of ether oxygens (including phenoxy) is 1. The Balaban J connectivity index is 1.72. The molecule has 0 saturated carbocycles. The Labute approximate surface area is 153 Å². The summed E-state index contributed by atoms with van der Waals surface area (Å²) in [6.45, 7) is 6.44. The van der Waals surface area contributed by atoms with Gasteiger partial charge in [-0.25, -0.2) is 14.5 Å². The predicted molar refractivity (Wildman–Crippen MR) is 99.4 cm³/mol. The Morgan fingerprint density at radius 1 is 1.19 bits per heavy atom. The van der Waals surface area contributed by atoms with Crippen LogP contribution in [0.15, 0.2) is 18.5 Å². The van der Waals surface area contributed by atoms with Crippen molar-refractivity contribution in [2.45, 2.75) is 39.7 Å². The number of hydrogen-bond acceptors (Lipinski definition) is 6. The first kappa shape index (κ1) is 16.9. The number of fused-ring (bicyclic) bond motifs is 2.